The predicted molar refractivity (Wildman–Crippen MR) is 71.2 cm³/mol. The fourth-order valence-corrected chi connectivity index (χ4v) is 2.53. The van der Waals surface area contributed by atoms with E-state index in [9.17, 15) is 4.79 Å². The number of hydrogen-bond acceptors (Lipinski definition) is 4. The number of primary amides is 1. The van der Waals surface area contributed by atoms with Crippen molar-refractivity contribution in [2.45, 2.75) is 23.9 Å². The highest BCUT2D eigenvalue weighted by Gasteiger charge is 2.28. The summed E-state index contributed by atoms with van der Waals surface area (Å²) in [5.41, 5.74) is 4.65. The number of aromatic nitrogens is 1. The van der Waals surface area contributed by atoms with E-state index >= 15 is 0 Å². The lowest BCUT2D eigenvalue weighted by Gasteiger charge is -2.24. The molecule has 0 aliphatic rings. The molecule has 0 radical (unpaired) electrons. The Labute approximate surface area is 110 Å². The largest absolute Gasteiger partial charge is 0.368 e. The lowest BCUT2D eigenvalue weighted by molar-refractivity contribution is -0.123. The average Bonchev–Trinajstić information content (AvgIpc) is 2.31. The summed E-state index contributed by atoms with van der Waals surface area (Å²) in [5, 5.41) is 4.34. The Morgan fingerprint density at radius 2 is 2.41 bits per heavy atom. The van der Waals surface area contributed by atoms with E-state index in [0.717, 1.165) is 10.8 Å². The van der Waals surface area contributed by atoms with E-state index in [0.29, 0.717) is 11.4 Å². The third kappa shape index (κ3) is 3.87. The molecule has 0 saturated carbocycles. The number of nitrogens with two attached hydrogens (primary N) is 1. The normalized spacial score (nSPS) is 14.3. The summed E-state index contributed by atoms with van der Waals surface area (Å²) in [4.78, 5) is 15.4. The van der Waals surface area contributed by atoms with Gasteiger partial charge in [-0.25, -0.2) is 4.98 Å². The quantitative estimate of drug-likeness (QED) is 0.774. The average molecular weight is 274 g/mol. The first kappa shape index (κ1) is 14.3. The summed E-state index contributed by atoms with van der Waals surface area (Å²) >= 11 is 7.50. The van der Waals surface area contributed by atoms with Crippen LogP contribution in [0.1, 0.15) is 13.3 Å². The van der Waals surface area contributed by atoms with Gasteiger partial charge in [0, 0.05) is 11.9 Å². The van der Waals surface area contributed by atoms with Crippen molar-refractivity contribution in [2.24, 2.45) is 5.73 Å². The van der Waals surface area contributed by atoms with Gasteiger partial charge in [0.05, 0.1) is 10.6 Å². The number of halogens is 1. The smallest absolute Gasteiger partial charge is 0.237 e. The number of amides is 1. The summed E-state index contributed by atoms with van der Waals surface area (Å²) in [7, 11) is 1.73. The molecule has 6 heteroatoms. The molecule has 0 fully saturated rings. The van der Waals surface area contributed by atoms with Crippen molar-refractivity contribution in [1.29, 1.82) is 0 Å². The number of pyridine rings is 1. The number of thioether (sulfide) groups is 1. The molecule has 1 aromatic heterocycles. The number of likely N-dealkylation sites (N-methyl/N-ethyl adjacent to an activating group) is 1. The summed E-state index contributed by atoms with van der Waals surface area (Å²) in [6, 6.07) is 3.58. The van der Waals surface area contributed by atoms with Crippen LogP contribution >= 0.6 is 23.4 Å². The number of nitrogens with one attached hydrogen (secondary N) is 1. The van der Waals surface area contributed by atoms with Crippen LogP contribution in [-0.4, -0.2) is 29.2 Å². The van der Waals surface area contributed by atoms with Gasteiger partial charge in [-0.15, -0.1) is 11.8 Å². The van der Waals surface area contributed by atoms with Crippen LogP contribution in [0.25, 0.3) is 0 Å². The molecule has 1 rings (SSSR count). The van der Waals surface area contributed by atoms with E-state index in [4.69, 9.17) is 17.3 Å². The van der Waals surface area contributed by atoms with Gasteiger partial charge in [0.15, 0.2) is 0 Å². The van der Waals surface area contributed by atoms with E-state index < -0.39 is 5.54 Å². The van der Waals surface area contributed by atoms with Crippen molar-refractivity contribution in [2.75, 3.05) is 12.8 Å². The lowest BCUT2D eigenvalue weighted by atomic mass is 9.99. The maximum atomic E-state index is 11.3. The van der Waals surface area contributed by atoms with E-state index in [1.54, 1.807) is 32.3 Å². The molecular formula is C11H16ClN3OS. The zero-order valence-electron chi connectivity index (χ0n) is 9.87. The van der Waals surface area contributed by atoms with E-state index in [-0.39, 0.29) is 5.91 Å². The molecule has 17 heavy (non-hydrogen) atoms. The van der Waals surface area contributed by atoms with Crippen LogP contribution in [-0.2, 0) is 4.79 Å². The van der Waals surface area contributed by atoms with Crippen LogP contribution in [0.2, 0.25) is 5.02 Å². The van der Waals surface area contributed by atoms with Crippen molar-refractivity contribution in [3.63, 3.8) is 0 Å². The molecule has 0 aliphatic heterocycles. The highest BCUT2D eigenvalue weighted by molar-refractivity contribution is 7.99. The maximum Gasteiger partial charge on any atom is 0.237 e. The number of rotatable bonds is 6. The predicted octanol–water partition coefficient (Wildman–Crippen LogP) is 1.68. The zero-order valence-corrected chi connectivity index (χ0v) is 11.4. The number of nitrogens with zero attached hydrogens (tertiary/aromatic N) is 1. The van der Waals surface area contributed by atoms with E-state index in [1.165, 1.54) is 11.8 Å². The molecule has 3 N–H and O–H groups in total. The number of carbonyl (C=O) groups is 1. The Morgan fingerprint density at radius 3 is 2.94 bits per heavy atom. The molecule has 0 saturated heterocycles. The Morgan fingerprint density at radius 1 is 1.71 bits per heavy atom. The van der Waals surface area contributed by atoms with E-state index in [1.807, 2.05) is 0 Å². The number of carbonyl (C=O) groups excluding carboxylic acids is 1. The van der Waals surface area contributed by atoms with Gasteiger partial charge in [-0.3, -0.25) is 4.79 Å². The van der Waals surface area contributed by atoms with Gasteiger partial charge < -0.3 is 11.1 Å². The molecule has 0 aliphatic carbocycles. The summed E-state index contributed by atoms with van der Waals surface area (Å²) < 4.78 is 0. The van der Waals surface area contributed by atoms with Gasteiger partial charge in [0.2, 0.25) is 5.91 Å². The third-order valence-electron chi connectivity index (χ3n) is 2.66. The highest BCUT2D eigenvalue weighted by atomic mass is 35.5. The van der Waals surface area contributed by atoms with Gasteiger partial charge in [-0.05, 0) is 32.5 Å². The fourth-order valence-electron chi connectivity index (χ4n) is 1.20. The highest BCUT2D eigenvalue weighted by Crippen LogP contribution is 2.26. The van der Waals surface area contributed by atoms with Crippen LogP contribution in [0.4, 0.5) is 0 Å². The number of hydrogen-bond donors (Lipinski definition) is 2. The molecule has 1 aromatic rings. The van der Waals surface area contributed by atoms with Crippen molar-refractivity contribution < 1.29 is 4.79 Å². The first-order valence-electron chi connectivity index (χ1n) is 5.22. The minimum Gasteiger partial charge on any atom is -0.368 e. The van der Waals surface area contributed by atoms with Crippen LogP contribution in [0.3, 0.4) is 0 Å². The SMILES string of the molecule is CNC(C)(CCSc1ncccc1Cl)C(N)=O. The zero-order chi connectivity index (χ0) is 12.9. The molecule has 1 amide bonds. The van der Waals surface area contributed by atoms with Gasteiger partial charge in [0.25, 0.3) is 0 Å². The molecule has 0 aromatic carbocycles. The minimum atomic E-state index is -0.686. The second-order valence-electron chi connectivity index (χ2n) is 3.84. The molecule has 1 unspecified atom stereocenters. The Hall–Kier alpha value is -0.780. The fraction of sp³-hybridized carbons (Fsp3) is 0.455. The lowest BCUT2D eigenvalue weighted by Crippen LogP contribution is -2.51. The topological polar surface area (TPSA) is 68.0 Å². The maximum absolute atomic E-state index is 11.3. The Balaban J connectivity index is 2.53. The molecule has 1 atom stereocenters. The van der Waals surface area contributed by atoms with Crippen molar-refractivity contribution in [3.8, 4) is 0 Å². The molecular weight excluding hydrogens is 258 g/mol. The molecule has 0 spiro atoms. The second kappa shape index (κ2) is 6.23. The first-order chi connectivity index (χ1) is 7.99. The second-order valence-corrected chi connectivity index (χ2v) is 5.33. The summed E-state index contributed by atoms with van der Waals surface area (Å²) in [6.07, 6.45) is 2.32. The van der Waals surface area contributed by atoms with Gasteiger partial charge in [-0.2, -0.15) is 0 Å². The van der Waals surface area contributed by atoms with Crippen molar-refractivity contribution in [3.05, 3.63) is 23.4 Å². The molecule has 94 valence electrons. The first-order valence-corrected chi connectivity index (χ1v) is 6.58. The Bertz CT molecular complexity index is 402. The monoisotopic (exact) mass is 273 g/mol. The Kier molecular flexibility index (Phi) is 5.24. The standard InChI is InChI=1S/C11H16ClN3OS/c1-11(14-2,10(13)16)5-7-17-9-8(12)4-3-6-15-9/h3-4,6,14H,5,7H2,1-2H3,(H2,13,16). The molecule has 1 heterocycles. The van der Waals surface area contributed by atoms with Crippen molar-refractivity contribution >= 4 is 29.3 Å². The van der Waals surface area contributed by atoms with Gasteiger partial charge >= 0.3 is 0 Å². The van der Waals surface area contributed by atoms with Crippen molar-refractivity contribution in [1.82, 2.24) is 10.3 Å². The van der Waals surface area contributed by atoms with Crippen LogP contribution < -0.4 is 11.1 Å². The van der Waals surface area contributed by atoms with Crippen LogP contribution in [0.15, 0.2) is 23.4 Å². The minimum absolute atomic E-state index is 0.354. The van der Waals surface area contributed by atoms with Crippen LogP contribution in [0, 0.1) is 0 Å². The molecule has 4 nitrogen and oxygen atoms in total. The van der Waals surface area contributed by atoms with Gasteiger partial charge in [0.1, 0.15) is 5.03 Å². The third-order valence-corrected chi connectivity index (χ3v) is 4.09. The van der Waals surface area contributed by atoms with Gasteiger partial charge in [-0.1, -0.05) is 11.6 Å². The summed E-state index contributed by atoms with van der Waals surface area (Å²) in [6.45, 7) is 1.79. The summed E-state index contributed by atoms with van der Waals surface area (Å²) in [5.74, 6) is 0.365. The van der Waals surface area contributed by atoms with Crippen LogP contribution in [0.5, 0.6) is 0 Å². The molecule has 0 bridgehead atoms. The van der Waals surface area contributed by atoms with E-state index in [2.05, 4.69) is 10.3 Å².